The molecule has 2 rings (SSSR count). The van der Waals surface area contributed by atoms with Gasteiger partial charge in [0.15, 0.2) is 0 Å². The first-order valence-electron chi connectivity index (χ1n) is 8.10. The Hall–Kier alpha value is -1.10. The number of piperazine rings is 1. The van der Waals surface area contributed by atoms with Crippen LogP contribution in [-0.2, 0) is 9.59 Å². The first-order chi connectivity index (χ1) is 9.82. The van der Waals surface area contributed by atoms with Gasteiger partial charge in [-0.25, -0.2) is 0 Å². The second-order valence-corrected chi connectivity index (χ2v) is 7.20. The van der Waals surface area contributed by atoms with Crippen LogP contribution in [0, 0.1) is 11.8 Å². The summed E-state index contributed by atoms with van der Waals surface area (Å²) in [5.41, 5.74) is 0. The Kier molecular flexibility index (Phi) is 4.91. The average molecular weight is 295 g/mol. The summed E-state index contributed by atoms with van der Waals surface area (Å²) in [7, 11) is 4.06. The summed E-state index contributed by atoms with van der Waals surface area (Å²) in [6, 6.07) is -0.515. The van der Waals surface area contributed by atoms with Crippen LogP contribution in [0.25, 0.3) is 0 Å². The molecule has 1 heterocycles. The van der Waals surface area contributed by atoms with Gasteiger partial charge in [-0.2, -0.15) is 0 Å². The normalized spacial score (nSPS) is 28.2. The van der Waals surface area contributed by atoms with Gasteiger partial charge in [-0.05, 0) is 58.7 Å². The minimum atomic E-state index is -0.329. The van der Waals surface area contributed by atoms with E-state index in [1.165, 1.54) is 0 Å². The highest BCUT2D eigenvalue weighted by Gasteiger charge is 2.48. The monoisotopic (exact) mass is 295 g/mol. The molecule has 1 aliphatic carbocycles. The van der Waals surface area contributed by atoms with Crippen molar-refractivity contribution in [1.82, 2.24) is 15.1 Å². The van der Waals surface area contributed by atoms with E-state index in [2.05, 4.69) is 17.1 Å². The van der Waals surface area contributed by atoms with Crippen molar-refractivity contribution >= 4 is 11.8 Å². The van der Waals surface area contributed by atoms with Gasteiger partial charge >= 0.3 is 0 Å². The van der Waals surface area contributed by atoms with E-state index in [9.17, 15) is 9.59 Å². The highest BCUT2D eigenvalue weighted by molar-refractivity contribution is 5.97. The molecule has 5 nitrogen and oxygen atoms in total. The molecule has 0 aromatic carbocycles. The molecule has 0 aromatic heterocycles. The zero-order valence-corrected chi connectivity index (χ0v) is 13.9. The zero-order chi connectivity index (χ0) is 15.7. The third kappa shape index (κ3) is 3.57. The number of carbonyl (C=O) groups is 2. The van der Waals surface area contributed by atoms with Gasteiger partial charge in [-0.15, -0.1) is 0 Å². The third-order valence-electron chi connectivity index (χ3n) is 4.58. The molecular formula is C16H29N3O2. The summed E-state index contributed by atoms with van der Waals surface area (Å²) >= 11 is 0. The second kappa shape index (κ2) is 6.34. The third-order valence-corrected chi connectivity index (χ3v) is 4.58. The number of rotatable bonds is 6. The Bertz CT molecular complexity index is 404. The second-order valence-electron chi connectivity index (χ2n) is 7.20. The maximum atomic E-state index is 12.9. The Balaban J connectivity index is 2.16. The summed E-state index contributed by atoms with van der Waals surface area (Å²) in [6.45, 7) is 7.02. The number of amides is 2. The van der Waals surface area contributed by atoms with E-state index in [1.54, 1.807) is 0 Å². The van der Waals surface area contributed by atoms with Crippen molar-refractivity contribution in [2.24, 2.45) is 11.8 Å². The van der Waals surface area contributed by atoms with Crippen molar-refractivity contribution in [2.45, 2.75) is 58.2 Å². The molecular weight excluding hydrogens is 266 g/mol. The molecule has 1 saturated heterocycles. The average Bonchev–Trinajstić information content (AvgIpc) is 3.21. The summed E-state index contributed by atoms with van der Waals surface area (Å²) < 4.78 is 0. The van der Waals surface area contributed by atoms with Crippen LogP contribution in [0.4, 0.5) is 0 Å². The van der Waals surface area contributed by atoms with Gasteiger partial charge in [-0.1, -0.05) is 13.8 Å². The highest BCUT2D eigenvalue weighted by atomic mass is 16.2. The van der Waals surface area contributed by atoms with Crippen LogP contribution >= 0.6 is 0 Å². The highest BCUT2D eigenvalue weighted by Crippen LogP contribution is 2.36. The molecule has 0 aromatic rings. The fourth-order valence-electron chi connectivity index (χ4n) is 3.17. The van der Waals surface area contributed by atoms with E-state index in [1.807, 2.05) is 32.8 Å². The first kappa shape index (κ1) is 16.3. The molecule has 1 N–H and O–H groups in total. The Morgan fingerprint density at radius 3 is 2.33 bits per heavy atom. The topological polar surface area (TPSA) is 52.7 Å². The molecule has 3 unspecified atom stereocenters. The predicted octanol–water partition coefficient (Wildman–Crippen LogP) is 1.09. The van der Waals surface area contributed by atoms with E-state index in [0.717, 1.165) is 25.8 Å². The minimum absolute atomic E-state index is 0.0261. The van der Waals surface area contributed by atoms with Crippen LogP contribution in [0.5, 0.6) is 0 Å². The molecule has 1 saturated carbocycles. The molecule has 2 aliphatic rings. The van der Waals surface area contributed by atoms with Gasteiger partial charge in [0.05, 0.1) is 0 Å². The molecule has 0 spiro atoms. The molecule has 1 aliphatic heterocycles. The summed E-state index contributed by atoms with van der Waals surface area (Å²) in [5, 5.41) is 2.97. The number of hydrogen-bond acceptors (Lipinski definition) is 3. The molecule has 3 atom stereocenters. The standard InChI is InChI=1S/C16H29N3O2/c1-10(2)14-15(20)17-13(12-6-7-12)16(21)19(14)11(3)8-9-18(4)5/h10-14H,6-9H2,1-5H3,(H,17,20). The van der Waals surface area contributed by atoms with E-state index in [4.69, 9.17) is 0 Å². The van der Waals surface area contributed by atoms with Crippen molar-refractivity contribution in [3.63, 3.8) is 0 Å². The number of hydrogen-bond donors (Lipinski definition) is 1. The molecule has 2 fully saturated rings. The summed E-state index contributed by atoms with van der Waals surface area (Å²) in [6.07, 6.45) is 3.01. The maximum Gasteiger partial charge on any atom is 0.246 e. The fourth-order valence-corrected chi connectivity index (χ4v) is 3.17. The van der Waals surface area contributed by atoms with Crippen LogP contribution in [0.3, 0.4) is 0 Å². The number of nitrogens with zero attached hydrogens (tertiary/aromatic N) is 2. The maximum absolute atomic E-state index is 12.9. The molecule has 120 valence electrons. The number of nitrogens with one attached hydrogen (secondary N) is 1. The van der Waals surface area contributed by atoms with Crippen LogP contribution in [-0.4, -0.2) is 60.4 Å². The smallest absolute Gasteiger partial charge is 0.246 e. The Morgan fingerprint density at radius 2 is 1.86 bits per heavy atom. The van der Waals surface area contributed by atoms with Crippen LogP contribution < -0.4 is 5.32 Å². The minimum Gasteiger partial charge on any atom is -0.342 e. The Labute approximate surface area is 128 Å². The van der Waals surface area contributed by atoms with E-state index in [0.29, 0.717) is 5.92 Å². The van der Waals surface area contributed by atoms with Gasteiger partial charge in [-0.3, -0.25) is 9.59 Å². The van der Waals surface area contributed by atoms with E-state index in [-0.39, 0.29) is 35.9 Å². The van der Waals surface area contributed by atoms with Crippen molar-refractivity contribution in [2.75, 3.05) is 20.6 Å². The first-order valence-corrected chi connectivity index (χ1v) is 8.10. The lowest BCUT2D eigenvalue weighted by Crippen LogP contribution is -2.67. The van der Waals surface area contributed by atoms with Gasteiger partial charge < -0.3 is 15.1 Å². The van der Waals surface area contributed by atoms with Crippen LogP contribution in [0.1, 0.15) is 40.0 Å². The van der Waals surface area contributed by atoms with Crippen molar-refractivity contribution < 1.29 is 9.59 Å². The predicted molar refractivity (Wildman–Crippen MR) is 82.8 cm³/mol. The zero-order valence-electron chi connectivity index (χ0n) is 13.9. The Morgan fingerprint density at radius 1 is 1.24 bits per heavy atom. The molecule has 0 bridgehead atoms. The summed E-state index contributed by atoms with van der Waals surface area (Å²) in [5.74, 6) is 0.647. The molecule has 21 heavy (non-hydrogen) atoms. The molecule has 5 heteroatoms. The van der Waals surface area contributed by atoms with Crippen LogP contribution in [0.2, 0.25) is 0 Å². The van der Waals surface area contributed by atoms with E-state index >= 15 is 0 Å². The lowest BCUT2D eigenvalue weighted by molar-refractivity contribution is -0.154. The summed E-state index contributed by atoms with van der Waals surface area (Å²) in [4.78, 5) is 29.3. The molecule has 2 amide bonds. The van der Waals surface area contributed by atoms with Gasteiger partial charge in [0.25, 0.3) is 0 Å². The van der Waals surface area contributed by atoms with Gasteiger partial charge in [0.2, 0.25) is 11.8 Å². The van der Waals surface area contributed by atoms with Crippen molar-refractivity contribution in [1.29, 1.82) is 0 Å². The van der Waals surface area contributed by atoms with Crippen molar-refractivity contribution in [3.8, 4) is 0 Å². The van der Waals surface area contributed by atoms with Crippen LogP contribution in [0.15, 0.2) is 0 Å². The van der Waals surface area contributed by atoms with Gasteiger partial charge in [0, 0.05) is 6.04 Å². The quantitative estimate of drug-likeness (QED) is 0.798. The SMILES string of the molecule is CC(C)C1C(=O)NC(C2CC2)C(=O)N1C(C)CCN(C)C. The largest absolute Gasteiger partial charge is 0.342 e. The van der Waals surface area contributed by atoms with Gasteiger partial charge in [0.1, 0.15) is 12.1 Å². The van der Waals surface area contributed by atoms with E-state index < -0.39 is 0 Å². The number of carbonyl (C=O) groups excluding carboxylic acids is 2. The lowest BCUT2D eigenvalue weighted by Gasteiger charge is -2.44. The lowest BCUT2D eigenvalue weighted by atomic mass is 9.93. The van der Waals surface area contributed by atoms with Crippen molar-refractivity contribution in [3.05, 3.63) is 0 Å². The fraction of sp³-hybridized carbons (Fsp3) is 0.875. The molecule has 0 radical (unpaired) electrons.